The summed E-state index contributed by atoms with van der Waals surface area (Å²) in [5, 5.41) is 13.7. The van der Waals surface area contributed by atoms with Crippen LogP contribution in [0.4, 0.5) is 0 Å². The molecule has 2 aromatic rings. The molecule has 1 saturated heterocycles. The maximum atomic E-state index is 12.6. The van der Waals surface area contributed by atoms with Crippen LogP contribution >= 0.6 is 0 Å². The maximum Gasteiger partial charge on any atom is 0.334 e. The summed E-state index contributed by atoms with van der Waals surface area (Å²) in [4.78, 5) is 29.2. The number of pyridine rings is 1. The number of carbonyl (C=O) groups excluding carboxylic acids is 1. The number of ether oxygens (including phenoxy) is 1. The molecule has 1 amide bonds. The first kappa shape index (κ1) is 15.4. The van der Waals surface area contributed by atoms with Crippen molar-refractivity contribution in [2.75, 3.05) is 19.7 Å². The summed E-state index contributed by atoms with van der Waals surface area (Å²) in [6.45, 7) is 4.52. The molecule has 8 nitrogen and oxygen atoms in total. The van der Waals surface area contributed by atoms with Crippen LogP contribution in [0.25, 0.3) is 11.1 Å². The van der Waals surface area contributed by atoms with Gasteiger partial charge in [-0.3, -0.25) is 4.79 Å². The van der Waals surface area contributed by atoms with E-state index in [0.717, 1.165) is 5.69 Å². The minimum Gasteiger partial charge on any atom is -0.479 e. The fourth-order valence-electron chi connectivity index (χ4n) is 2.55. The number of hydrogen-bond donors (Lipinski definition) is 1. The molecule has 1 fully saturated rings. The Hall–Kier alpha value is -2.48. The Labute approximate surface area is 132 Å². The van der Waals surface area contributed by atoms with Crippen LogP contribution in [0, 0.1) is 0 Å². The van der Waals surface area contributed by atoms with Crippen molar-refractivity contribution in [3.63, 3.8) is 0 Å². The first-order chi connectivity index (χ1) is 11.0. The van der Waals surface area contributed by atoms with Gasteiger partial charge in [-0.2, -0.15) is 0 Å². The molecule has 23 heavy (non-hydrogen) atoms. The summed E-state index contributed by atoms with van der Waals surface area (Å²) in [7, 11) is 0. The summed E-state index contributed by atoms with van der Waals surface area (Å²) >= 11 is 0. The second-order valence-electron chi connectivity index (χ2n) is 5.75. The second kappa shape index (κ2) is 5.96. The molecule has 122 valence electrons. The molecule has 1 aliphatic rings. The van der Waals surface area contributed by atoms with Crippen LogP contribution in [0.2, 0.25) is 0 Å². The van der Waals surface area contributed by atoms with Crippen LogP contribution in [0.15, 0.2) is 16.8 Å². The first-order valence-corrected chi connectivity index (χ1v) is 7.36. The Kier molecular flexibility index (Phi) is 3.99. The monoisotopic (exact) mass is 319 g/mol. The van der Waals surface area contributed by atoms with Crippen molar-refractivity contribution in [3.8, 4) is 0 Å². The molecule has 1 atom stereocenters. The Bertz CT molecular complexity index is 755. The minimum atomic E-state index is -1.07. The molecule has 0 aliphatic carbocycles. The average molecular weight is 319 g/mol. The third-order valence-corrected chi connectivity index (χ3v) is 3.78. The number of carbonyl (C=O) groups is 2. The van der Waals surface area contributed by atoms with Crippen molar-refractivity contribution in [2.24, 2.45) is 0 Å². The van der Waals surface area contributed by atoms with Crippen molar-refractivity contribution in [2.45, 2.75) is 25.9 Å². The van der Waals surface area contributed by atoms with Gasteiger partial charge in [0.2, 0.25) is 0 Å². The Balaban J connectivity index is 1.88. The van der Waals surface area contributed by atoms with Gasteiger partial charge in [-0.05, 0) is 12.0 Å². The van der Waals surface area contributed by atoms with Crippen LogP contribution in [0.5, 0.6) is 0 Å². The van der Waals surface area contributed by atoms with Gasteiger partial charge in [0.25, 0.3) is 11.6 Å². The molecule has 2 aromatic heterocycles. The van der Waals surface area contributed by atoms with E-state index >= 15 is 0 Å². The van der Waals surface area contributed by atoms with Crippen LogP contribution in [-0.4, -0.2) is 57.8 Å². The summed E-state index contributed by atoms with van der Waals surface area (Å²) in [5.41, 5.74) is 1.51. The highest BCUT2D eigenvalue weighted by Crippen LogP contribution is 2.24. The van der Waals surface area contributed by atoms with E-state index in [2.05, 4.69) is 10.1 Å². The van der Waals surface area contributed by atoms with E-state index in [-0.39, 0.29) is 25.0 Å². The van der Waals surface area contributed by atoms with E-state index < -0.39 is 12.1 Å². The Morgan fingerprint density at radius 2 is 2.22 bits per heavy atom. The van der Waals surface area contributed by atoms with Gasteiger partial charge >= 0.3 is 5.97 Å². The van der Waals surface area contributed by atoms with Gasteiger partial charge < -0.3 is 19.3 Å². The molecule has 3 rings (SSSR count). The number of morpholine rings is 1. The number of rotatable bonds is 3. The molecular formula is C15H17N3O5. The zero-order valence-electron chi connectivity index (χ0n) is 12.9. The molecule has 1 aliphatic heterocycles. The summed E-state index contributed by atoms with van der Waals surface area (Å²) in [6.07, 6.45) is 0.428. The first-order valence-electron chi connectivity index (χ1n) is 7.36. The van der Waals surface area contributed by atoms with Crippen LogP contribution in [0.1, 0.15) is 35.8 Å². The lowest BCUT2D eigenvalue weighted by Crippen LogP contribution is -2.48. The number of carboxylic acids is 1. The van der Waals surface area contributed by atoms with Gasteiger partial charge in [0.1, 0.15) is 0 Å². The lowest BCUT2D eigenvalue weighted by molar-refractivity contribution is -0.154. The third-order valence-electron chi connectivity index (χ3n) is 3.78. The van der Waals surface area contributed by atoms with E-state index in [0.29, 0.717) is 23.2 Å². The van der Waals surface area contributed by atoms with Gasteiger partial charge in [0, 0.05) is 12.7 Å². The van der Waals surface area contributed by atoms with Crippen LogP contribution < -0.4 is 0 Å². The summed E-state index contributed by atoms with van der Waals surface area (Å²) < 4.78 is 10.3. The highest BCUT2D eigenvalue weighted by Gasteiger charge is 2.30. The molecule has 0 spiro atoms. The van der Waals surface area contributed by atoms with Crippen molar-refractivity contribution in [3.05, 3.63) is 23.5 Å². The molecule has 3 heterocycles. The third kappa shape index (κ3) is 2.89. The van der Waals surface area contributed by atoms with Crippen molar-refractivity contribution in [1.82, 2.24) is 15.0 Å². The Morgan fingerprint density at radius 3 is 2.91 bits per heavy atom. The van der Waals surface area contributed by atoms with E-state index in [1.165, 1.54) is 11.1 Å². The van der Waals surface area contributed by atoms with Gasteiger partial charge in [0.05, 0.1) is 29.8 Å². The minimum absolute atomic E-state index is 0.0207. The topological polar surface area (TPSA) is 106 Å². The number of fused-ring (bicyclic) bond motifs is 1. The quantitative estimate of drug-likeness (QED) is 0.908. The van der Waals surface area contributed by atoms with Crippen molar-refractivity contribution < 1.29 is 24.0 Å². The number of aromatic nitrogens is 2. The molecule has 0 saturated carbocycles. The van der Waals surface area contributed by atoms with Gasteiger partial charge in [-0.1, -0.05) is 19.0 Å². The normalized spacial score (nSPS) is 18.6. The van der Waals surface area contributed by atoms with Crippen molar-refractivity contribution in [1.29, 1.82) is 0 Å². The van der Waals surface area contributed by atoms with E-state index in [9.17, 15) is 9.59 Å². The van der Waals surface area contributed by atoms with Gasteiger partial charge in [-0.15, -0.1) is 0 Å². The smallest absolute Gasteiger partial charge is 0.334 e. The van der Waals surface area contributed by atoms with Gasteiger partial charge in [-0.25, -0.2) is 9.78 Å². The number of carboxylic acid groups (broad SMARTS) is 1. The number of amides is 1. The zero-order chi connectivity index (χ0) is 16.6. The van der Waals surface area contributed by atoms with E-state index in [1.54, 1.807) is 6.07 Å². The molecule has 0 unspecified atom stereocenters. The molecule has 8 heteroatoms. The van der Waals surface area contributed by atoms with Gasteiger partial charge in [0.15, 0.2) is 6.10 Å². The lowest BCUT2D eigenvalue weighted by atomic mass is 10.1. The standard InChI is InChI=1S/C15H17N3O5/c1-8(2)12-10-5-9(6-16-13(10)23-17-12)14(19)18-3-4-22-11(7-18)15(20)21/h5-6,8,11H,3-4,7H2,1-2H3,(H,20,21)/t11-/m0/s1. The van der Waals surface area contributed by atoms with Crippen LogP contribution in [0.3, 0.4) is 0 Å². The molecule has 0 bridgehead atoms. The fourth-order valence-corrected chi connectivity index (χ4v) is 2.55. The Morgan fingerprint density at radius 1 is 1.43 bits per heavy atom. The number of aliphatic carboxylic acids is 1. The highest BCUT2D eigenvalue weighted by molar-refractivity contribution is 5.97. The second-order valence-corrected chi connectivity index (χ2v) is 5.75. The lowest BCUT2D eigenvalue weighted by Gasteiger charge is -2.30. The highest BCUT2D eigenvalue weighted by atomic mass is 16.5. The van der Waals surface area contributed by atoms with Crippen molar-refractivity contribution >= 4 is 23.0 Å². The van der Waals surface area contributed by atoms with Crippen LogP contribution in [-0.2, 0) is 9.53 Å². The number of hydrogen-bond acceptors (Lipinski definition) is 6. The largest absolute Gasteiger partial charge is 0.479 e. The molecular weight excluding hydrogens is 302 g/mol. The number of nitrogens with zero attached hydrogens (tertiary/aromatic N) is 3. The van der Waals surface area contributed by atoms with E-state index in [4.69, 9.17) is 14.4 Å². The molecule has 1 N–H and O–H groups in total. The molecule has 0 aromatic carbocycles. The maximum absolute atomic E-state index is 12.6. The predicted molar refractivity (Wildman–Crippen MR) is 79.2 cm³/mol. The zero-order valence-corrected chi connectivity index (χ0v) is 12.9. The summed E-state index contributed by atoms with van der Waals surface area (Å²) in [6, 6.07) is 1.70. The van der Waals surface area contributed by atoms with E-state index in [1.807, 2.05) is 13.8 Å². The fraction of sp³-hybridized carbons (Fsp3) is 0.467. The average Bonchev–Trinajstić information content (AvgIpc) is 2.97. The molecule has 0 radical (unpaired) electrons. The summed E-state index contributed by atoms with van der Waals surface area (Å²) in [5.74, 6) is -1.20. The predicted octanol–water partition coefficient (Wildman–Crippen LogP) is 1.27. The SMILES string of the molecule is CC(C)c1noc2ncc(C(=O)N3CCO[C@H](C(=O)O)C3)cc12.